The predicted octanol–water partition coefficient (Wildman–Crippen LogP) is 1.81. The highest BCUT2D eigenvalue weighted by Gasteiger charge is 2.17. The number of hydrogen-bond donors (Lipinski definition) is 1. The Morgan fingerprint density at radius 3 is 2.95 bits per heavy atom. The van der Waals surface area contributed by atoms with Gasteiger partial charge >= 0.3 is 0 Å². The molecule has 0 aromatic carbocycles. The minimum Gasteiger partial charge on any atom is -0.461 e. The lowest BCUT2D eigenvalue weighted by Crippen LogP contribution is -2.35. The highest BCUT2D eigenvalue weighted by atomic mass is 16.5. The molecule has 2 aromatic heterocycles. The zero-order valence-electron chi connectivity index (χ0n) is 11.5. The van der Waals surface area contributed by atoms with E-state index in [4.69, 9.17) is 13.7 Å². The van der Waals surface area contributed by atoms with Crippen LogP contribution in [0, 0.1) is 6.92 Å². The van der Waals surface area contributed by atoms with Gasteiger partial charge in [-0.05, 0) is 25.1 Å². The monoisotopic (exact) mass is 265 g/mol. The van der Waals surface area contributed by atoms with Gasteiger partial charge in [0.25, 0.3) is 0 Å². The van der Waals surface area contributed by atoms with Gasteiger partial charge in [-0.25, -0.2) is 0 Å². The molecule has 0 fully saturated rings. The minimum absolute atomic E-state index is 0.168. The second-order valence-corrected chi connectivity index (χ2v) is 4.36. The van der Waals surface area contributed by atoms with Gasteiger partial charge in [0, 0.05) is 19.6 Å². The van der Waals surface area contributed by atoms with Crippen molar-refractivity contribution in [3.63, 3.8) is 0 Å². The third-order valence-electron chi connectivity index (χ3n) is 2.81. The van der Waals surface area contributed by atoms with E-state index >= 15 is 0 Å². The van der Waals surface area contributed by atoms with E-state index in [2.05, 4.69) is 15.5 Å². The summed E-state index contributed by atoms with van der Waals surface area (Å²) in [5.41, 5.74) is 0.993. The summed E-state index contributed by atoms with van der Waals surface area (Å²) in [4.78, 5) is 4.35. The maximum Gasteiger partial charge on any atom is 0.238 e. The first-order valence-electron chi connectivity index (χ1n) is 6.34. The predicted molar refractivity (Wildman–Crippen MR) is 69.8 cm³/mol. The fraction of sp³-hybridized carbons (Fsp3) is 0.538. The van der Waals surface area contributed by atoms with Gasteiger partial charge in [0.1, 0.15) is 0 Å². The Hall–Kier alpha value is -1.66. The van der Waals surface area contributed by atoms with E-state index in [0.29, 0.717) is 30.5 Å². The number of nitrogens with one attached hydrogen (secondary N) is 1. The van der Waals surface area contributed by atoms with E-state index in [1.54, 1.807) is 13.4 Å². The van der Waals surface area contributed by atoms with Crippen molar-refractivity contribution in [2.45, 2.75) is 26.3 Å². The topological polar surface area (TPSA) is 73.3 Å². The molecule has 19 heavy (non-hydrogen) atoms. The molecule has 1 atom stereocenters. The molecule has 6 nitrogen and oxygen atoms in total. The van der Waals surface area contributed by atoms with Crippen molar-refractivity contribution in [1.82, 2.24) is 15.5 Å². The Bertz CT molecular complexity index is 501. The van der Waals surface area contributed by atoms with Crippen LogP contribution < -0.4 is 5.32 Å². The first kappa shape index (κ1) is 13.8. The third-order valence-corrected chi connectivity index (χ3v) is 2.81. The number of ether oxygens (including phenoxy) is 1. The van der Waals surface area contributed by atoms with Crippen molar-refractivity contribution in [1.29, 1.82) is 0 Å². The van der Waals surface area contributed by atoms with E-state index < -0.39 is 0 Å². The lowest BCUT2D eigenvalue weighted by molar-refractivity contribution is 0.162. The molecule has 0 aliphatic rings. The maximum atomic E-state index is 5.34. The van der Waals surface area contributed by atoms with E-state index in [1.165, 1.54) is 0 Å². The van der Waals surface area contributed by atoms with Gasteiger partial charge in [-0.15, -0.1) is 0 Å². The number of aryl methyl sites for hydroxylation is 1. The van der Waals surface area contributed by atoms with E-state index in [1.807, 2.05) is 19.9 Å². The number of hydrogen-bond acceptors (Lipinski definition) is 6. The highest BCUT2D eigenvalue weighted by Crippen LogP contribution is 2.21. The van der Waals surface area contributed by atoms with Crippen molar-refractivity contribution in [3.05, 3.63) is 23.8 Å². The summed E-state index contributed by atoms with van der Waals surface area (Å²) in [6, 6.07) is 2.04. The summed E-state index contributed by atoms with van der Waals surface area (Å²) in [7, 11) is 1.68. The number of rotatable bonds is 7. The molecule has 0 radical (unpaired) electrons. The summed E-state index contributed by atoms with van der Waals surface area (Å²) in [6.45, 7) is 5.47. The number of nitrogens with zero attached hydrogens (tertiary/aromatic N) is 2. The van der Waals surface area contributed by atoms with Crippen LogP contribution in [0.1, 0.15) is 18.4 Å². The molecular formula is C13H19N3O3. The van der Waals surface area contributed by atoms with Crippen molar-refractivity contribution >= 4 is 0 Å². The summed E-state index contributed by atoms with van der Waals surface area (Å²) in [6.07, 6.45) is 2.25. The zero-order chi connectivity index (χ0) is 13.7. The Morgan fingerprint density at radius 2 is 2.32 bits per heavy atom. The fourth-order valence-corrected chi connectivity index (χ4v) is 1.92. The molecule has 0 amide bonds. The lowest BCUT2D eigenvalue weighted by Gasteiger charge is -2.14. The second kappa shape index (κ2) is 6.49. The average molecular weight is 265 g/mol. The van der Waals surface area contributed by atoms with Crippen LogP contribution in [-0.4, -0.2) is 36.4 Å². The molecule has 0 aliphatic heterocycles. The van der Waals surface area contributed by atoms with Crippen LogP contribution in [0.3, 0.4) is 0 Å². The Labute approximate surface area is 112 Å². The summed E-state index contributed by atoms with van der Waals surface area (Å²) < 4.78 is 15.7. The lowest BCUT2D eigenvalue weighted by atomic mass is 10.2. The van der Waals surface area contributed by atoms with Crippen LogP contribution in [0.4, 0.5) is 0 Å². The van der Waals surface area contributed by atoms with Crippen LogP contribution >= 0.6 is 0 Å². The molecule has 2 heterocycles. The molecule has 0 spiro atoms. The number of furan rings is 1. The van der Waals surface area contributed by atoms with E-state index in [9.17, 15) is 0 Å². The summed E-state index contributed by atoms with van der Waals surface area (Å²) >= 11 is 0. The van der Waals surface area contributed by atoms with Crippen molar-refractivity contribution in [2.24, 2.45) is 0 Å². The van der Waals surface area contributed by atoms with Crippen molar-refractivity contribution in [2.75, 3.05) is 20.3 Å². The molecule has 6 heteroatoms. The van der Waals surface area contributed by atoms with Gasteiger partial charge in [-0.2, -0.15) is 4.98 Å². The van der Waals surface area contributed by atoms with Gasteiger partial charge in [-0.3, -0.25) is 0 Å². The number of likely N-dealkylation sites (N-methyl/N-ethyl adjacent to an activating group) is 1. The zero-order valence-corrected chi connectivity index (χ0v) is 11.5. The van der Waals surface area contributed by atoms with Gasteiger partial charge < -0.3 is 19.0 Å². The number of methoxy groups -OCH3 is 1. The molecule has 0 aliphatic carbocycles. The molecule has 1 unspecified atom stereocenters. The van der Waals surface area contributed by atoms with Gasteiger partial charge in [-0.1, -0.05) is 12.1 Å². The smallest absolute Gasteiger partial charge is 0.238 e. The third kappa shape index (κ3) is 3.42. The number of aromatic nitrogens is 2. The minimum atomic E-state index is 0.168. The summed E-state index contributed by atoms with van der Waals surface area (Å²) in [5.74, 6) is 1.72. The molecule has 2 rings (SSSR count). The molecule has 0 saturated heterocycles. The molecular weight excluding hydrogens is 246 g/mol. The quantitative estimate of drug-likeness (QED) is 0.823. The van der Waals surface area contributed by atoms with Crippen LogP contribution in [0.5, 0.6) is 0 Å². The van der Waals surface area contributed by atoms with Gasteiger partial charge in [0.05, 0.1) is 12.9 Å². The SMILES string of the molecule is CCNC(COC)Cc1nc(-c2occc2C)no1. The van der Waals surface area contributed by atoms with E-state index in [-0.39, 0.29) is 6.04 Å². The Kier molecular flexibility index (Phi) is 4.70. The summed E-state index contributed by atoms with van der Waals surface area (Å²) in [5, 5.41) is 7.26. The Balaban J connectivity index is 2.06. The first-order chi connectivity index (χ1) is 9.24. The Morgan fingerprint density at radius 1 is 1.47 bits per heavy atom. The van der Waals surface area contributed by atoms with Crippen LogP contribution in [0.2, 0.25) is 0 Å². The standard InChI is InChI=1S/C13H19N3O3/c1-4-14-10(8-17-3)7-11-15-13(16-19-11)12-9(2)5-6-18-12/h5-6,10,14H,4,7-8H2,1-3H3. The average Bonchev–Trinajstić information content (AvgIpc) is 2.98. The molecule has 0 bridgehead atoms. The van der Waals surface area contributed by atoms with Crippen molar-refractivity contribution in [3.8, 4) is 11.6 Å². The first-order valence-corrected chi connectivity index (χ1v) is 6.34. The maximum absolute atomic E-state index is 5.34. The highest BCUT2D eigenvalue weighted by molar-refractivity contribution is 5.50. The fourth-order valence-electron chi connectivity index (χ4n) is 1.92. The van der Waals surface area contributed by atoms with Crippen LogP contribution in [0.15, 0.2) is 21.3 Å². The van der Waals surface area contributed by atoms with Gasteiger partial charge in [0.15, 0.2) is 5.76 Å². The van der Waals surface area contributed by atoms with Gasteiger partial charge in [0.2, 0.25) is 11.7 Å². The van der Waals surface area contributed by atoms with Crippen LogP contribution in [-0.2, 0) is 11.2 Å². The molecule has 0 saturated carbocycles. The second-order valence-electron chi connectivity index (χ2n) is 4.36. The molecule has 104 valence electrons. The van der Waals surface area contributed by atoms with Crippen molar-refractivity contribution < 1.29 is 13.7 Å². The van der Waals surface area contributed by atoms with E-state index in [0.717, 1.165) is 12.1 Å². The molecule has 2 aromatic rings. The molecule has 1 N–H and O–H groups in total. The normalized spacial score (nSPS) is 12.8. The van der Waals surface area contributed by atoms with Crippen LogP contribution in [0.25, 0.3) is 11.6 Å². The largest absolute Gasteiger partial charge is 0.461 e.